The Balaban J connectivity index is 3.18. The number of hydrogen-bond donors (Lipinski definition) is 0. The lowest BCUT2D eigenvalue weighted by Gasteiger charge is -2.15. The zero-order chi connectivity index (χ0) is 19.5. The number of unbranched alkanes of at least 4 members (excludes halogenated alkanes) is 14. The van der Waals surface area contributed by atoms with Gasteiger partial charge in [0.1, 0.15) is 0 Å². The highest BCUT2D eigenvalue weighted by atomic mass is 16.5. The molecular weight excluding hydrogens is 320 g/mol. The van der Waals surface area contributed by atoms with Gasteiger partial charge in [-0.2, -0.15) is 0 Å². The van der Waals surface area contributed by atoms with Crippen LogP contribution >= 0.6 is 0 Å². The summed E-state index contributed by atoms with van der Waals surface area (Å²) in [5.74, 6) is 0.640. The van der Waals surface area contributed by atoms with Crippen molar-refractivity contribution in [3.8, 4) is 0 Å². The molecule has 0 aliphatic rings. The molecule has 0 aromatic carbocycles. The monoisotopic (exact) mass is 367 g/mol. The Morgan fingerprint density at radius 1 is 0.731 bits per heavy atom. The molecule has 26 heavy (non-hydrogen) atoms. The van der Waals surface area contributed by atoms with Crippen molar-refractivity contribution in [3.05, 3.63) is 6.92 Å². The minimum absolute atomic E-state index is 0.0350. The van der Waals surface area contributed by atoms with E-state index in [4.69, 9.17) is 4.74 Å². The molecule has 0 heterocycles. The summed E-state index contributed by atoms with van der Waals surface area (Å²) in [6, 6.07) is 0. The second-order valence-electron chi connectivity index (χ2n) is 8.34. The maximum absolute atomic E-state index is 11.7. The van der Waals surface area contributed by atoms with E-state index >= 15 is 0 Å². The molecule has 0 aliphatic carbocycles. The molecule has 155 valence electrons. The molecule has 0 amide bonds. The lowest BCUT2D eigenvalue weighted by atomic mass is 9.99. The summed E-state index contributed by atoms with van der Waals surface area (Å²) in [6.07, 6.45) is 20.8. The maximum atomic E-state index is 11.7. The fourth-order valence-corrected chi connectivity index (χ4v) is 3.10. The third-order valence-electron chi connectivity index (χ3n) is 5.46. The van der Waals surface area contributed by atoms with Crippen LogP contribution in [0.25, 0.3) is 0 Å². The van der Waals surface area contributed by atoms with Crippen LogP contribution in [-0.2, 0) is 9.53 Å². The topological polar surface area (TPSA) is 26.3 Å². The molecule has 0 aliphatic heterocycles. The van der Waals surface area contributed by atoms with Crippen LogP contribution in [0.1, 0.15) is 124 Å². The molecule has 2 heteroatoms. The molecule has 2 atom stereocenters. The Morgan fingerprint density at radius 2 is 1.12 bits per heavy atom. The lowest BCUT2D eigenvalue weighted by Crippen LogP contribution is -2.15. The van der Waals surface area contributed by atoms with Gasteiger partial charge in [-0.1, -0.05) is 118 Å². The van der Waals surface area contributed by atoms with Crippen molar-refractivity contribution in [1.82, 2.24) is 0 Å². The average Bonchev–Trinajstić information content (AvgIpc) is 2.62. The van der Waals surface area contributed by atoms with Crippen molar-refractivity contribution in [2.75, 3.05) is 6.61 Å². The summed E-state index contributed by atoms with van der Waals surface area (Å²) in [6.45, 7) is 10.9. The first kappa shape index (κ1) is 25.5. The molecule has 0 fully saturated rings. The minimum Gasteiger partial charge on any atom is -0.465 e. The van der Waals surface area contributed by atoms with Crippen LogP contribution in [0.3, 0.4) is 0 Å². The molecule has 0 N–H and O–H groups in total. The van der Waals surface area contributed by atoms with Gasteiger partial charge in [0.2, 0.25) is 0 Å². The van der Waals surface area contributed by atoms with Crippen molar-refractivity contribution in [3.63, 3.8) is 0 Å². The van der Waals surface area contributed by atoms with Gasteiger partial charge in [-0.15, -0.1) is 0 Å². The first-order chi connectivity index (χ1) is 12.6. The van der Waals surface area contributed by atoms with Gasteiger partial charge in [0.05, 0.1) is 6.61 Å². The van der Waals surface area contributed by atoms with E-state index in [1.807, 2.05) is 0 Å². The van der Waals surface area contributed by atoms with Crippen LogP contribution in [-0.4, -0.2) is 12.6 Å². The van der Waals surface area contributed by atoms with E-state index in [1.54, 1.807) is 0 Å². The predicted octanol–water partition coefficient (Wildman–Crippen LogP) is 7.90. The van der Waals surface area contributed by atoms with Crippen molar-refractivity contribution in [2.24, 2.45) is 11.8 Å². The number of carbonyl (C=O) groups excluding carboxylic acids is 1. The summed E-state index contributed by atoms with van der Waals surface area (Å²) >= 11 is 0. The van der Waals surface area contributed by atoms with Crippen molar-refractivity contribution in [1.29, 1.82) is 0 Å². The Labute approximate surface area is 164 Å². The molecular formula is C24H47O2. The highest BCUT2D eigenvalue weighted by Crippen LogP contribution is 2.14. The molecule has 1 radical (unpaired) electrons. The van der Waals surface area contributed by atoms with Crippen LogP contribution in [0, 0.1) is 18.8 Å². The summed E-state index contributed by atoms with van der Waals surface area (Å²) in [7, 11) is 0. The molecule has 0 saturated heterocycles. The van der Waals surface area contributed by atoms with E-state index in [2.05, 4.69) is 27.7 Å². The van der Waals surface area contributed by atoms with E-state index in [9.17, 15) is 4.79 Å². The van der Waals surface area contributed by atoms with Crippen molar-refractivity contribution >= 4 is 5.97 Å². The minimum atomic E-state index is -0.0350. The van der Waals surface area contributed by atoms with E-state index in [-0.39, 0.29) is 5.97 Å². The first-order valence-corrected chi connectivity index (χ1v) is 11.6. The summed E-state index contributed by atoms with van der Waals surface area (Å²) in [5, 5.41) is 0. The SMILES string of the molecule is [CH2]C(C)C(C)COC(=O)CCCCCCCCCCCCCCCCC. The number of esters is 1. The first-order valence-electron chi connectivity index (χ1n) is 11.6. The van der Waals surface area contributed by atoms with Gasteiger partial charge in [0.15, 0.2) is 0 Å². The predicted molar refractivity (Wildman–Crippen MR) is 114 cm³/mol. The quantitative estimate of drug-likeness (QED) is 0.171. The number of hydrogen-bond acceptors (Lipinski definition) is 2. The molecule has 0 aromatic heterocycles. The van der Waals surface area contributed by atoms with Crippen molar-refractivity contribution < 1.29 is 9.53 Å². The van der Waals surface area contributed by atoms with E-state index in [0.717, 1.165) is 12.8 Å². The average molecular weight is 368 g/mol. The lowest BCUT2D eigenvalue weighted by molar-refractivity contribution is -0.145. The molecule has 0 rings (SSSR count). The standard InChI is InChI=1S/C24H47O2/c1-5-6-7-8-9-10-11-12-13-14-15-16-17-18-19-20-24(25)26-21-23(4)22(2)3/h22-23H,2,5-21H2,1,3-4H3. The van der Waals surface area contributed by atoms with Crippen LogP contribution in [0.5, 0.6) is 0 Å². The van der Waals surface area contributed by atoms with Crippen LogP contribution in [0.15, 0.2) is 0 Å². The number of rotatable bonds is 19. The highest BCUT2D eigenvalue weighted by molar-refractivity contribution is 5.69. The Hall–Kier alpha value is -0.530. The van der Waals surface area contributed by atoms with Crippen molar-refractivity contribution in [2.45, 2.75) is 124 Å². The van der Waals surface area contributed by atoms with Gasteiger partial charge >= 0.3 is 5.97 Å². The fraction of sp³-hybridized carbons (Fsp3) is 0.917. The van der Waals surface area contributed by atoms with Gasteiger partial charge in [0.25, 0.3) is 0 Å². The van der Waals surface area contributed by atoms with E-state index in [1.165, 1.54) is 83.5 Å². The molecule has 2 unspecified atom stereocenters. The molecule has 0 aromatic rings. The van der Waals surface area contributed by atoms with Gasteiger partial charge < -0.3 is 4.74 Å². The highest BCUT2D eigenvalue weighted by Gasteiger charge is 2.10. The molecule has 0 saturated carbocycles. The Kier molecular flexibility index (Phi) is 18.8. The molecule has 0 bridgehead atoms. The molecule has 2 nitrogen and oxygen atoms in total. The maximum Gasteiger partial charge on any atom is 0.305 e. The van der Waals surface area contributed by atoms with Gasteiger partial charge in [-0.25, -0.2) is 0 Å². The summed E-state index contributed by atoms with van der Waals surface area (Å²) < 4.78 is 5.31. The summed E-state index contributed by atoms with van der Waals surface area (Å²) in [5.41, 5.74) is 0. The van der Waals surface area contributed by atoms with Gasteiger partial charge in [-0.05, 0) is 18.3 Å². The normalized spacial score (nSPS) is 12.5. The fourth-order valence-electron chi connectivity index (χ4n) is 3.10. The van der Waals surface area contributed by atoms with Gasteiger partial charge in [0, 0.05) is 6.42 Å². The van der Waals surface area contributed by atoms with Gasteiger partial charge in [-0.3, -0.25) is 4.79 Å². The molecule has 0 spiro atoms. The number of carbonyl (C=O) groups is 1. The third kappa shape index (κ3) is 18.3. The number of ether oxygens (including phenoxy) is 1. The van der Waals surface area contributed by atoms with Crippen LogP contribution < -0.4 is 0 Å². The van der Waals surface area contributed by atoms with Crippen LogP contribution in [0.2, 0.25) is 0 Å². The van der Waals surface area contributed by atoms with E-state index < -0.39 is 0 Å². The third-order valence-corrected chi connectivity index (χ3v) is 5.46. The summed E-state index contributed by atoms with van der Waals surface area (Å²) in [4.78, 5) is 11.7. The largest absolute Gasteiger partial charge is 0.465 e. The zero-order valence-electron chi connectivity index (χ0n) is 18.2. The smallest absolute Gasteiger partial charge is 0.305 e. The second-order valence-corrected chi connectivity index (χ2v) is 8.34. The zero-order valence-corrected chi connectivity index (χ0v) is 18.2. The van der Waals surface area contributed by atoms with E-state index in [0.29, 0.717) is 24.9 Å². The Bertz CT molecular complexity index is 299. The van der Waals surface area contributed by atoms with Crippen LogP contribution in [0.4, 0.5) is 0 Å². The Morgan fingerprint density at radius 3 is 1.50 bits per heavy atom. The second kappa shape index (κ2) is 19.2.